The number of hydrogen-bond donors (Lipinski definition) is 2. The Balaban J connectivity index is 1.84. The number of aliphatic hydroxyl groups excluding tert-OH is 1. The van der Waals surface area contributed by atoms with E-state index >= 15 is 0 Å². The normalized spacial score (nSPS) is 20.3. The molecule has 0 bridgehead atoms. The fourth-order valence-electron chi connectivity index (χ4n) is 3.81. The minimum atomic E-state index is -3.39. The van der Waals surface area contributed by atoms with Crippen LogP contribution in [0, 0.1) is 5.92 Å². The van der Waals surface area contributed by atoms with Gasteiger partial charge in [-0.3, -0.25) is 9.59 Å². The van der Waals surface area contributed by atoms with Gasteiger partial charge in [-0.25, -0.2) is 0 Å². The number of alkyl halides is 2. The average molecular weight is 438 g/mol. The molecule has 1 aromatic rings. The SMILES string of the molecule is C[C@@H](CCc1ccccc1)[C@H](O)C=C[C@H]1CC(F)(F)C(=O)N1CCCCCCC(=O)O. The zero-order chi connectivity index (χ0) is 22.9. The number of unbranched alkanes of at least 4 members (excludes halogenated alkanes) is 3. The van der Waals surface area contributed by atoms with E-state index in [0.29, 0.717) is 25.7 Å². The molecule has 1 aliphatic rings. The van der Waals surface area contributed by atoms with Gasteiger partial charge in [-0.1, -0.05) is 62.2 Å². The van der Waals surface area contributed by atoms with Gasteiger partial charge in [-0.05, 0) is 37.2 Å². The zero-order valence-electron chi connectivity index (χ0n) is 18.1. The summed E-state index contributed by atoms with van der Waals surface area (Å²) in [5, 5.41) is 19.1. The second-order valence-electron chi connectivity index (χ2n) is 8.41. The van der Waals surface area contributed by atoms with Crippen LogP contribution in [-0.4, -0.2) is 51.6 Å². The largest absolute Gasteiger partial charge is 0.481 e. The van der Waals surface area contributed by atoms with E-state index in [4.69, 9.17) is 5.11 Å². The van der Waals surface area contributed by atoms with Crippen molar-refractivity contribution >= 4 is 11.9 Å². The van der Waals surface area contributed by atoms with Crippen molar-refractivity contribution in [1.29, 1.82) is 0 Å². The van der Waals surface area contributed by atoms with Gasteiger partial charge in [-0.2, -0.15) is 8.78 Å². The molecule has 172 valence electrons. The standard InChI is InChI=1S/C24H33F2NO4/c1-18(12-13-19-9-5-4-6-10-19)21(28)15-14-20-17-24(25,26)23(31)27(20)16-8-3-2-7-11-22(29)30/h4-6,9-10,14-15,18,20-21,28H,2-3,7-8,11-13,16-17H2,1H3,(H,29,30)/t18-,20-,21+/m0/s1. The minimum absolute atomic E-state index is 0.0447. The van der Waals surface area contributed by atoms with Crippen LogP contribution < -0.4 is 0 Å². The first-order chi connectivity index (χ1) is 14.7. The Morgan fingerprint density at radius 2 is 1.90 bits per heavy atom. The maximum absolute atomic E-state index is 14.0. The smallest absolute Gasteiger partial charge is 0.327 e. The summed E-state index contributed by atoms with van der Waals surface area (Å²) in [6.07, 6.45) is 5.83. The number of benzene rings is 1. The van der Waals surface area contributed by atoms with E-state index in [2.05, 4.69) is 0 Å². The first kappa shape index (κ1) is 25.0. The van der Waals surface area contributed by atoms with Crippen molar-refractivity contribution in [2.75, 3.05) is 6.54 Å². The van der Waals surface area contributed by atoms with Crippen molar-refractivity contribution in [2.45, 2.75) is 76.4 Å². The average Bonchev–Trinajstić information content (AvgIpc) is 2.95. The van der Waals surface area contributed by atoms with E-state index < -0.39 is 36.4 Å². The Hall–Kier alpha value is -2.28. The van der Waals surface area contributed by atoms with Crippen LogP contribution in [0.1, 0.15) is 57.4 Å². The molecule has 0 saturated carbocycles. The van der Waals surface area contributed by atoms with E-state index in [-0.39, 0.29) is 18.9 Å². The maximum Gasteiger partial charge on any atom is 0.327 e. The summed E-state index contributed by atoms with van der Waals surface area (Å²) in [6, 6.07) is 9.20. The van der Waals surface area contributed by atoms with Crippen LogP contribution in [0.5, 0.6) is 0 Å². The number of aliphatic carboxylic acids is 1. The number of rotatable bonds is 13. The second-order valence-corrected chi connectivity index (χ2v) is 8.41. The number of carbonyl (C=O) groups is 2. The highest BCUT2D eigenvalue weighted by atomic mass is 19.3. The van der Waals surface area contributed by atoms with Crippen molar-refractivity contribution in [2.24, 2.45) is 5.92 Å². The number of likely N-dealkylation sites (tertiary alicyclic amines) is 1. The minimum Gasteiger partial charge on any atom is -0.481 e. The second kappa shape index (κ2) is 11.9. The molecule has 31 heavy (non-hydrogen) atoms. The molecule has 0 aliphatic carbocycles. The molecular formula is C24H33F2NO4. The molecule has 1 heterocycles. The molecule has 2 rings (SSSR count). The Morgan fingerprint density at radius 3 is 2.58 bits per heavy atom. The Morgan fingerprint density at radius 1 is 1.23 bits per heavy atom. The van der Waals surface area contributed by atoms with Gasteiger partial charge in [0, 0.05) is 19.4 Å². The Kier molecular flexibility index (Phi) is 9.62. The quantitative estimate of drug-likeness (QED) is 0.353. The van der Waals surface area contributed by atoms with Crippen LogP contribution in [0.15, 0.2) is 42.5 Å². The highest BCUT2D eigenvalue weighted by molar-refractivity contribution is 5.86. The summed E-state index contributed by atoms with van der Waals surface area (Å²) in [4.78, 5) is 23.8. The third kappa shape index (κ3) is 8.05. The predicted molar refractivity (Wildman–Crippen MR) is 115 cm³/mol. The number of nitrogens with zero attached hydrogens (tertiary/aromatic N) is 1. The monoisotopic (exact) mass is 437 g/mol. The van der Waals surface area contributed by atoms with E-state index in [1.807, 2.05) is 37.3 Å². The number of carbonyl (C=O) groups excluding carboxylic acids is 1. The van der Waals surface area contributed by atoms with Crippen LogP contribution >= 0.6 is 0 Å². The molecule has 1 saturated heterocycles. The van der Waals surface area contributed by atoms with Gasteiger partial charge in [0.1, 0.15) is 0 Å². The predicted octanol–water partition coefficient (Wildman–Crippen LogP) is 4.44. The summed E-state index contributed by atoms with van der Waals surface area (Å²) >= 11 is 0. The number of hydrogen-bond acceptors (Lipinski definition) is 3. The zero-order valence-corrected chi connectivity index (χ0v) is 18.1. The number of carboxylic acid groups (broad SMARTS) is 1. The molecule has 1 amide bonds. The van der Waals surface area contributed by atoms with E-state index in [9.17, 15) is 23.5 Å². The van der Waals surface area contributed by atoms with Crippen LogP contribution in [-0.2, 0) is 16.0 Å². The molecule has 1 aromatic carbocycles. The first-order valence-corrected chi connectivity index (χ1v) is 11.0. The van der Waals surface area contributed by atoms with Crippen LogP contribution in [0.3, 0.4) is 0 Å². The Labute approximate surface area is 182 Å². The molecule has 1 aliphatic heterocycles. The highest BCUT2D eigenvalue weighted by Crippen LogP contribution is 2.34. The van der Waals surface area contributed by atoms with E-state index in [1.54, 1.807) is 0 Å². The molecule has 0 aromatic heterocycles. The van der Waals surface area contributed by atoms with E-state index in [1.165, 1.54) is 22.6 Å². The molecule has 0 radical (unpaired) electrons. The highest BCUT2D eigenvalue weighted by Gasteiger charge is 2.52. The van der Waals surface area contributed by atoms with Crippen LogP contribution in [0.25, 0.3) is 0 Å². The van der Waals surface area contributed by atoms with Crippen molar-refractivity contribution in [1.82, 2.24) is 4.90 Å². The van der Waals surface area contributed by atoms with Gasteiger partial charge in [0.05, 0.1) is 12.1 Å². The van der Waals surface area contributed by atoms with Gasteiger partial charge >= 0.3 is 11.9 Å². The number of amides is 1. The van der Waals surface area contributed by atoms with Crippen molar-refractivity contribution in [3.05, 3.63) is 48.0 Å². The number of halogens is 2. The van der Waals surface area contributed by atoms with Crippen molar-refractivity contribution < 1.29 is 28.6 Å². The third-order valence-electron chi connectivity index (χ3n) is 5.82. The fraction of sp³-hybridized carbons (Fsp3) is 0.583. The fourth-order valence-corrected chi connectivity index (χ4v) is 3.81. The van der Waals surface area contributed by atoms with Gasteiger partial charge in [0.2, 0.25) is 0 Å². The molecule has 1 fully saturated rings. The third-order valence-corrected chi connectivity index (χ3v) is 5.82. The maximum atomic E-state index is 14.0. The first-order valence-electron chi connectivity index (χ1n) is 11.0. The molecule has 0 unspecified atom stereocenters. The molecule has 0 spiro atoms. The Bertz CT molecular complexity index is 738. The van der Waals surface area contributed by atoms with Crippen molar-refractivity contribution in [3.63, 3.8) is 0 Å². The number of aryl methyl sites for hydroxylation is 1. The van der Waals surface area contributed by atoms with Gasteiger partial charge in [0.25, 0.3) is 5.91 Å². The number of carboxylic acids is 1. The van der Waals surface area contributed by atoms with Crippen LogP contribution in [0.2, 0.25) is 0 Å². The van der Waals surface area contributed by atoms with Gasteiger partial charge in [-0.15, -0.1) is 0 Å². The summed E-state index contributed by atoms with van der Waals surface area (Å²) < 4.78 is 28.0. The lowest BCUT2D eigenvalue weighted by molar-refractivity contribution is -0.148. The molecule has 3 atom stereocenters. The summed E-state index contributed by atoms with van der Waals surface area (Å²) in [5.74, 6) is -5.45. The summed E-state index contributed by atoms with van der Waals surface area (Å²) in [6.45, 7) is 2.12. The molecule has 2 N–H and O–H groups in total. The lowest BCUT2D eigenvalue weighted by atomic mass is 9.95. The topological polar surface area (TPSA) is 77.8 Å². The van der Waals surface area contributed by atoms with Gasteiger partial charge in [0.15, 0.2) is 0 Å². The summed E-state index contributed by atoms with van der Waals surface area (Å²) in [7, 11) is 0. The molecular weight excluding hydrogens is 404 g/mol. The lowest BCUT2D eigenvalue weighted by Crippen LogP contribution is -2.36. The van der Waals surface area contributed by atoms with E-state index in [0.717, 1.165) is 12.8 Å². The molecule has 7 heteroatoms. The summed E-state index contributed by atoms with van der Waals surface area (Å²) in [5.41, 5.74) is 1.18. The van der Waals surface area contributed by atoms with Gasteiger partial charge < -0.3 is 15.1 Å². The van der Waals surface area contributed by atoms with Crippen molar-refractivity contribution in [3.8, 4) is 0 Å². The van der Waals surface area contributed by atoms with Crippen LogP contribution in [0.4, 0.5) is 8.78 Å². The lowest BCUT2D eigenvalue weighted by Gasteiger charge is -2.22. The number of aliphatic hydroxyl groups is 1. The molecule has 5 nitrogen and oxygen atoms in total.